The quantitative estimate of drug-likeness (QED) is 0.603. The summed E-state index contributed by atoms with van der Waals surface area (Å²) in [5, 5.41) is 2.66. The summed E-state index contributed by atoms with van der Waals surface area (Å²) in [6.45, 7) is 1.29. The van der Waals surface area contributed by atoms with Gasteiger partial charge in [-0.15, -0.1) is 0 Å². The number of aromatic nitrogens is 2. The van der Waals surface area contributed by atoms with Crippen LogP contribution in [0.25, 0.3) is 0 Å². The molecule has 3 N–H and O–H groups in total. The van der Waals surface area contributed by atoms with Crippen molar-refractivity contribution in [2.75, 3.05) is 13.1 Å². The largest absolute Gasteiger partial charge is 0.353 e. The van der Waals surface area contributed by atoms with Gasteiger partial charge in [0.2, 0.25) is 5.91 Å². The van der Waals surface area contributed by atoms with Crippen LogP contribution in [-0.2, 0) is 11.3 Å². The van der Waals surface area contributed by atoms with Crippen LogP contribution >= 0.6 is 0 Å². The number of nitrogens with one attached hydrogen (secondary N) is 1. The zero-order valence-corrected chi connectivity index (χ0v) is 6.73. The molecular weight excluding hydrogens is 156 g/mol. The highest BCUT2D eigenvalue weighted by atomic mass is 16.1. The van der Waals surface area contributed by atoms with Crippen LogP contribution in [0.2, 0.25) is 0 Å². The maximum Gasteiger partial charge on any atom is 0.240 e. The molecule has 0 aliphatic carbocycles. The second-order valence-electron chi connectivity index (χ2n) is 2.37. The molecule has 0 atom stereocenters. The van der Waals surface area contributed by atoms with E-state index in [0.717, 1.165) is 0 Å². The van der Waals surface area contributed by atoms with Gasteiger partial charge in [0.25, 0.3) is 0 Å². The van der Waals surface area contributed by atoms with Crippen molar-refractivity contribution in [2.24, 2.45) is 5.73 Å². The summed E-state index contributed by atoms with van der Waals surface area (Å²) in [6, 6.07) is 0. The highest BCUT2D eigenvalue weighted by molar-refractivity contribution is 5.75. The van der Waals surface area contributed by atoms with Crippen molar-refractivity contribution in [3.63, 3.8) is 0 Å². The predicted molar refractivity (Wildman–Crippen MR) is 44.3 cm³/mol. The maximum absolute atomic E-state index is 11.1. The minimum absolute atomic E-state index is 0.0431. The van der Waals surface area contributed by atoms with Crippen molar-refractivity contribution in [3.8, 4) is 0 Å². The van der Waals surface area contributed by atoms with Crippen molar-refractivity contribution in [1.82, 2.24) is 14.9 Å². The molecule has 0 unspecified atom stereocenters. The molecule has 0 spiro atoms. The van der Waals surface area contributed by atoms with E-state index < -0.39 is 0 Å². The molecule has 1 aromatic rings. The van der Waals surface area contributed by atoms with Gasteiger partial charge in [0, 0.05) is 25.5 Å². The lowest BCUT2D eigenvalue weighted by Gasteiger charge is -2.02. The van der Waals surface area contributed by atoms with E-state index in [-0.39, 0.29) is 5.91 Å². The summed E-state index contributed by atoms with van der Waals surface area (Å²) in [4.78, 5) is 14.9. The molecule has 0 radical (unpaired) electrons. The molecule has 0 saturated heterocycles. The molecule has 1 rings (SSSR count). The Morgan fingerprint density at radius 1 is 1.67 bits per heavy atom. The molecule has 12 heavy (non-hydrogen) atoms. The van der Waals surface area contributed by atoms with Gasteiger partial charge < -0.3 is 15.6 Å². The lowest BCUT2D eigenvalue weighted by molar-refractivity contribution is -0.121. The Morgan fingerprint density at radius 3 is 3.08 bits per heavy atom. The van der Waals surface area contributed by atoms with Gasteiger partial charge in [-0.1, -0.05) is 0 Å². The van der Waals surface area contributed by atoms with Crippen LogP contribution in [0.15, 0.2) is 18.7 Å². The van der Waals surface area contributed by atoms with E-state index in [9.17, 15) is 4.79 Å². The number of carbonyl (C=O) groups excluding carboxylic acids is 1. The van der Waals surface area contributed by atoms with Gasteiger partial charge in [0.05, 0.1) is 6.33 Å². The summed E-state index contributed by atoms with van der Waals surface area (Å²) in [5.74, 6) is -0.0431. The Labute approximate surface area is 70.6 Å². The summed E-state index contributed by atoms with van der Waals surface area (Å²) in [6.07, 6.45) is 4.97. The van der Waals surface area contributed by atoms with E-state index >= 15 is 0 Å². The fourth-order valence-corrected chi connectivity index (χ4v) is 0.814. The van der Waals surface area contributed by atoms with Crippen LogP contribution < -0.4 is 11.1 Å². The van der Waals surface area contributed by atoms with Gasteiger partial charge in [-0.05, 0) is 0 Å². The smallest absolute Gasteiger partial charge is 0.240 e. The number of imidazole rings is 1. The standard InChI is InChI=1S/C7H12N4O/c8-1-2-10-7(12)5-11-4-3-9-6-11/h3-4,6H,1-2,5,8H2,(H,10,12). The van der Waals surface area contributed by atoms with Crippen molar-refractivity contribution in [1.29, 1.82) is 0 Å². The highest BCUT2D eigenvalue weighted by Crippen LogP contribution is 1.84. The number of nitrogens with two attached hydrogens (primary N) is 1. The van der Waals surface area contributed by atoms with Crippen molar-refractivity contribution >= 4 is 5.91 Å². The molecule has 0 fully saturated rings. The number of carbonyl (C=O) groups is 1. The van der Waals surface area contributed by atoms with Gasteiger partial charge in [0.1, 0.15) is 6.54 Å². The third-order valence-electron chi connectivity index (χ3n) is 1.35. The first-order valence-electron chi connectivity index (χ1n) is 3.75. The summed E-state index contributed by atoms with van der Waals surface area (Å²) < 4.78 is 1.70. The van der Waals surface area contributed by atoms with E-state index in [1.54, 1.807) is 23.3 Å². The average Bonchev–Trinajstić information content (AvgIpc) is 2.53. The number of rotatable bonds is 4. The monoisotopic (exact) mass is 168 g/mol. The number of hydrogen-bond donors (Lipinski definition) is 2. The molecule has 0 aliphatic heterocycles. The van der Waals surface area contributed by atoms with Crippen LogP contribution in [0.4, 0.5) is 0 Å². The van der Waals surface area contributed by atoms with Crippen LogP contribution in [0.1, 0.15) is 0 Å². The van der Waals surface area contributed by atoms with Crippen LogP contribution in [0, 0.1) is 0 Å². The van der Waals surface area contributed by atoms with Gasteiger partial charge in [0.15, 0.2) is 0 Å². The Balaban J connectivity index is 2.27. The third kappa shape index (κ3) is 2.71. The normalized spacial score (nSPS) is 9.75. The SMILES string of the molecule is NCCNC(=O)Cn1ccnc1. The van der Waals surface area contributed by atoms with Crippen molar-refractivity contribution in [3.05, 3.63) is 18.7 Å². The number of nitrogens with zero attached hydrogens (tertiary/aromatic N) is 2. The molecule has 0 bridgehead atoms. The van der Waals surface area contributed by atoms with Gasteiger partial charge in [-0.25, -0.2) is 4.98 Å². The number of hydrogen-bond acceptors (Lipinski definition) is 3. The molecule has 5 heteroatoms. The first-order chi connectivity index (χ1) is 5.83. The highest BCUT2D eigenvalue weighted by Gasteiger charge is 1.99. The van der Waals surface area contributed by atoms with E-state index in [2.05, 4.69) is 10.3 Å². The zero-order valence-electron chi connectivity index (χ0n) is 6.73. The predicted octanol–water partition coefficient (Wildman–Crippen LogP) is -1.04. The summed E-state index contributed by atoms with van der Waals surface area (Å²) in [7, 11) is 0. The Morgan fingerprint density at radius 2 is 2.50 bits per heavy atom. The third-order valence-corrected chi connectivity index (χ3v) is 1.35. The van der Waals surface area contributed by atoms with E-state index in [1.807, 2.05) is 0 Å². The fraction of sp³-hybridized carbons (Fsp3) is 0.429. The molecule has 0 saturated carbocycles. The zero-order chi connectivity index (χ0) is 8.81. The second-order valence-corrected chi connectivity index (χ2v) is 2.37. The molecule has 0 aromatic carbocycles. The van der Waals surface area contributed by atoms with E-state index in [1.165, 1.54) is 0 Å². The van der Waals surface area contributed by atoms with Crippen LogP contribution in [0.5, 0.6) is 0 Å². The molecule has 1 heterocycles. The lowest BCUT2D eigenvalue weighted by atomic mass is 10.5. The maximum atomic E-state index is 11.1. The topological polar surface area (TPSA) is 72.9 Å². The molecular formula is C7H12N4O. The van der Waals surface area contributed by atoms with E-state index in [4.69, 9.17) is 5.73 Å². The Kier molecular flexibility index (Phi) is 3.28. The molecule has 1 amide bonds. The Hall–Kier alpha value is -1.36. The summed E-state index contributed by atoms with van der Waals surface area (Å²) in [5.41, 5.74) is 5.22. The minimum atomic E-state index is -0.0431. The minimum Gasteiger partial charge on any atom is -0.353 e. The molecule has 0 aliphatic rings. The van der Waals surface area contributed by atoms with Crippen LogP contribution in [-0.4, -0.2) is 28.5 Å². The average molecular weight is 168 g/mol. The first-order valence-corrected chi connectivity index (χ1v) is 3.75. The van der Waals surface area contributed by atoms with Crippen LogP contribution in [0.3, 0.4) is 0 Å². The fourth-order valence-electron chi connectivity index (χ4n) is 0.814. The van der Waals surface area contributed by atoms with Crippen molar-refractivity contribution < 1.29 is 4.79 Å². The lowest BCUT2D eigenvalue weighted by Crippen LogP contribution is -2.31. The molecule has 66 valence electrons. The number of amides is 1. The first kappa shape index (κ1) is 8.73. The van der Waals surface area contributed by atoms with E-state index in [0.29, 0.717) is 19.6 Å². The van der Waals surface area contributed by atoms with Gasteiger partial charge >= 0.3 is 0 Å². The molecule has 1 aromatic heterocycles. The van der Waals surface area contributed by atoms with Gasteiger partial charge in [-0.2, -0.15) is 0 Å². The van der Waals surface area contributed by atoms with Gasteiger partial charge in [-0.3, -0.25) is 4.79 Å². The Bertz CT molecular complexity index is 232. The van der Waals surface area contributed by atoms with Crippen molar-refractivity contribution in [2.45, 2.75) is 6.54 Å². The summed E-state index contributed by atoms with van der Waals surface area (Å²) >= 11 is 0. The molecule has 5 nitrogen and oxygen atoms in total. The second kappa shape index (κ2) is 4.50.